The van der Waals surface area contributed by atoms with Gasteiger partial charge in [0.2, 0.25) is 0 Å². The highest BCUT2D eigenvalue weighted by molar-refractivity contribution is 5.89. The van der Waals surface area contributed by atoms with Gasteiger partial charge in [0.05, 0.1) is 18.2 Å². The second kappa shape index (κ2) is 12.2. The zero-order chi connectivity index (χ0) is 26.9. The van der Waals surface area contributed by atoms with Gasteiger partial charge in [0.1, 0.15) is 46.3 Å². The Morgan fingerprint density at radius 2 is 0.973 bits per heavy atom. The Bertz CT molecular complexity index is 1390. The number of aromatic carboxylic acids is 1. The van der Waals surface area contributed by atoms with E-state index in [2.05, 4.69) is 4.74 Å². The molecule has 0 fully saturated rings. The molecule has 4 rings (SSSR count). The molecule has 0 aromatic heterocycles. The first-order valence-corrected chi connectivity index (χ1v) is 10.4. The van der Waals surface area contributed by atoms with Crippen LogP contribution in [0.1, 0.15) is 20.7 Å². The molecule has 1 N–H and O–H groups in total. The Balaban J connectivity index is 0.000000206. The maximum Gasteiger partial charge on any atom is 0.340 e. The van der Waals surface area contributed by atoms with Crippen molar-refractivity contribution >= 4 is 11.9 Å². The largest absolute Gasteiger partial charge is 0.478 e. The van der Waals surface area contributed by atoms with E-state index in [9.17, 15) is 27.2 Å². The van der Waals surface area contributed by atoms with Crippen LogP contribution in [0.25, 0.3) is 0 Å². The maximum absolute atomic E-state index is 13.6. The van der Waals surface area contributed by atoms with Gasteiger partial charge in [-0.05, 0) is 72.8 Å². The first-order chi connectivity index (χ1) is 17.7. The van der Waals surface area contributed by atoms with Crippen molar-refractivity contribution in [3.63, 3.8) is 0 Å². The summed E-state index contributed by atoms with van der Waals surface area (Å²) in [5, 5.41) is 8.65. The van der Waals surface area contributed by atoms with Gasteiger partial charge in [-0.25, -0.2) is 27.2 Å². The van der Waals surface area contributed by atoms with E-state index in [4.69, 9.17) is 14.6 Å². The molecule has 10 heteroatoms. The average molecular weight is 514 g/mol. The van der Waals surface area contributed by atoms with E-state index in [-0.39, 0.29) is 22.9 Å². The number of halogens is 4. The third-order valence-corrected chi connectivity index (χ3v) is 4.62. The van der Waals surface area contributed by atoms with Crippen molar-refractivity contribution in [2.24, 2.45) is 0 Å². The second-order valence-corrected chi connectivity index (χ2v) is 7.19. The maximum atomic E-state index is 13.6. The summed E-state index contributed by atoms with van der Waals surface area (Å²) in [4.78, 5) is 21.8. The highest BCUT2D eigenvalue weighted by atomic mass is 19.1. The standard InChI is InChI=1S/C14H10F2O3.C13H8F2O3/c1-18-14(17)12-7-6-11(8-13(12)16)19-10-4-2-9(15)3-5-10;14-8-1-3-9(4-2-8)18-10-5-6-11(13(16)17)12(15)7-10/h2-8H,1H3;1-7H,(H,16,17). The number of hydrogen-bond acceptors (Lipinski definition) is 5. The molecule has 0 aliphatic carbocycles. The fourth-order valence-corrected chi connectivity index (χ4v) is 2.85. The lowest BCUT2D eigenvalue weighted by atomic mass is 10.2. The lowest BCUT2D eigenvalue weighted by Gasteiger charge is -2.07. The first kappa shape index (κ1) is 26.7. The summed E-state index contributed by atoms with van der Waals surface area (Å²) >= 11 is 0. The number of carbonyl (C=O) groups excluding carboxylic acids is 1. The van der Waals surface area contributed by atoms with Crippen molar-refractivity contribution in [3.05, 3.63) is 119 Å². The summed E-state index contributed by atoms with van der Waals surface area (Å²) in [7, 11) is 1.17. The van der Waals surface area contributed by atoms with Gasteiger partial charge in [-0.15, -0.1) is 0 Å². The van der Waals surface area contributed by atoms with Crippen LogP contribution in [0.2, 0.25) is 0 Å². The highest BCUT2D eigenvalue weighted by Crippen LogP contribution is 2.25. The molecule has 0 radical (unpaired) electrons. The lowest BCUT2D eigenvalue weighted by molar-refractivity contribution is 0.0594. The van der Waals surface area contributed by atoms with Crippen LogP contribution in [-0.2, 0) is 4.74 Å². The molecule has 190 valence electrons. The van der Waals surface area contributed by atoms with Crippen LogP contribution in [0.5, 0.6) is 23.0 Å². The van der Waals surface area contributed by atoms with Crippen molar-refractivity contribution in [2.75, 3.05) is 7.11 Å². The fourth-order valence-electron chi connectivity index (χ4n) is 2.85. The summed E-state index contributed by atoms with van der Waals surface area (Å²) in [5.74, 6) is -3.49. The van der Waals surface area contributed by atoms with Crippen LogP contribution in [0, 0.1) is 23.3 Å². The second-order valence-electron chi connectivity index (χ2n) is 7.19. The van der Waals surface area contributed by atoms with E-state index in [1.165, 1.54) is 73.8 Å². The molecule has 0 aliphatic rings. The number of hydrogen-bond donors (Lipinski definition) is 1. The topological polar surface area (TPSA) is 82.1 Å². The number of carboxylic acids is 1. The van der Waals surface area contributed by atoms with E-state index >= 15 is 0 Å². The molecule has 4 aromatic rings. The number of benzene rings is 4. The highest BCUT2D eigenvalue weighted by Gasteiger charge is 2.13. The minimum absolute atomic E-state index is 0.143. The van der Waals surface area contributed by atoms with E-state index in [1.54, 1.807) is 0 Å². The molecule has 0 bridgehead atoms. The summed E-state index contributed by atoms with van der Waals surface area (Å²) in [5.41, 5.74) is -0.601. The number of carboxylic acid groups (broad SMARTS) is 1. The molecular weight excluding hydrogens is 496 g/mol. The van der Waals surface area contributed by atoms with Crippen molar-refractivity contribution in [2.45, 2.75) is 0 Å². The molecule has 4 aromatic carbocycles. The van der Waals surface area contributed by atoms with E-state index in [1.807, 2.05) is 0 Å². The fraction of sp³-hybridized carbons (Fsp3) is 0.0370. The molecule has 0 saturated carbocycles. The van der Waals surface area contributed by atoms with Gasteiger partial charge in [0.15, 0.2) is 0 Å². The van der Waals surface area contributed by atoms with Gasteiger partial charge >= 0.3 is 11.9 Å². The van der Waals surface area contributed by atoms with Crippen LogP contribution in [0.3, 0.4) is 0 Å². The number of methoxy groups -OCH3 is 1. The molecule has 0 aliphatic heterocycles. The normalized spacial score (nSPS) is 10.1. The van der Waals surface area contributed by atoms with Gasteiger partial charge in [-0.2, -0.15) is 0 Å². The van der Waals surface area contributed by atoms with Gasteiger partial charge < -0.3 is 19.3 Å². The summed E-state index contributed by atoms with van der Waals surface area (Å²) in [6.45, 7) is 0. The average Bonchev–Trinajstić information content (AvgIpc) is 2.87. The molecule has 37 heavy (non-hydrogen) atoms. The molecule has 0 spiro atoms. The van der Waals surface area contributed by atoms with Gasteiger partial charge in [-0.1, -0.05) is 0 Å². The zero-order valence-electron chi connectivity index (χ0n) is 19.1. The minimum atomic E-state index is -1.35. The van der Waals surface area contributed by atoms with Crippen molar-refractivity contribution < 1.29 is 46.5 Å². The molecule has 0 unspecified atom stereocenters. The molecule has 0 saturated heterocycles. The smallest absolute Gasteiger partial charge is 0.340 e. The van der Waals surface area contributed by atoms with E-state index in [0.717, 1.165) is 18.2 Å². The summed E-state index contributed by atoms with van der Waals surface area (Å²) < 4.78 is 67.3. The predicted octanol–water partition coefficient (Wildman–Crippen LogP) is 7.00. The SMILES string of the molecule is COC(=O)c1ccc(Oc2ccc(F)cc2)cc1F.O=C(O)c1ccc(Oc2ccc(F)cc2)cc1F. The van der Waals surface area contributed by atoms with E-state index in [0.29, 0.717) is 11.5 Å². The Morgan fingerprint density at radius 1 is 0.595 bits per heavy atom. The van der Waals surface area contributed by atoms with Crippen LogP contribution in [-0.4, -0.2) is 24.2 Å². The predicted molar refractivity (Wildman–Crippen MR) is 124 cm³/mol. The van der Waals surface area contributed by atoms with Gasteiger partial charge in [0.25, 0.3) is 0 Å². The van der Waals surface area contributed by atoms with Crippen LogP contribution in [0.15, 0.2) is 84.9 Å². The number of rotatable bonds is 6. The third kappa shape index (κ3) is 7.56. The van der Waals surface area contributed by atoms with E-state index < -0.39 is 35.0 Å². The summed E-state index contributed by atoms with van der Waals surface area (Å²) in [6.07, 6.45) is 0. The molecule has 0 heterocycles. The monoisotopic (exact) mass is 514 g/mol. The minimum Gasteiger partial charge on any atom is -0.478 e. The summed E-state index contributed by atoms with van der Waals surface area (Å²) in [6, 6.07) is 17.6. The number of ether oxygens (including phenoxy) is 3. The van der Waals surface area contributed by atoms with Gasteiger partial charge in [0, 0.05) is 12.1 Å². The van der Waals surface area contributed by atoms with Crippen LogP contribution < -0.4 is 9.47 Å². The van der Waals surface area contributed by atoms with Crippen LogP contribution >= 0.6 is 0 Å². The quantitative estimate of drug-likeness (QED) is 0.220. The zero-order valence-corrected chi connectivity index (χ0v) is 19.1. The van der Waals surface area contributed by atoms with Crippen LogP contribution in [0.4, 0.5) is 17.6 Å². The third-order valence-electron chi connectivity index (χ3n) is 4.62. The Kier molecular flexibility index (Phi) is 8.82. The number of esters is 1. The van der Waals surface area contributed by atoms with Crippen molar-refractivity contribution in [1.29, 1.82) is 0 Å². The lowest BCUT2D eigenvalue weighted by Crippen LogP contribution is -2.04. The van der Waals surface area contributed by atoms with Gasteiger partial charge in [-0.3, -0.25) is 0 Å². The first-order valence-electron chi connectivity index (χ1n) is 10.4. The Labute approximate surface area is 208 Å². The molecular formula is C27H18F4O6. The van der Waals surface area contributed by atoms with Crippen molar-refractivity contribution in [3.8, 4) is 23.0 Å². The Morgan fingerprint density at radius 3 is 1.32 bits per heavy atom. The molecule has 0 atom stereocenters. The number of carbonyl (C=O) groups is 2. The molecule has 0 amide bonds. The molecule has 6 nitrogen and oxygen atoms in total. The van der Waals surface area contributed by atoms with Crippen molar-refractivity contribution in [1.82, 2.24) is 0 Å². The Hall–Kier alpha value is -4.86.